The first kappa shape index (κ1) is 31.8. The van der Waals surface area contributed by atoms with E-state index in [0.29, 0.717) is 23.1 Å². The van der Waals surface area contributed by atoms with E-state index >= 15 is 0 Å². The highest BCUT2D eigenvalue weighted by Gasteiger charge is 2.23. The molecule has 2 heterocycles. The molecule has 5 heteroatoms. The maximum atomic E-state index is 10.8. The molecule has 5 aromatic carbocycles. The Bertz CT molecular complexity index is 2850. The Kier molecular flexibility index (Phi) is 7.93. The molecule has 0 saturated carbocycles. The third-order valence-corrected chi connectivity index (χ3v) is 10.7. The minimum atomic E-state index is 0.626. The summed E-state index contributed by atoms with van der Waals surface area (Å²) in [6.45, 7) is 0. The van der Waals surface area contributed by atoms with Crippen LogP contribution < -0.4 is 0 Å². The van der Waals surface area contributed by atoms with Gasteiger partial charge in [-0.25, -0.2) is 0 Å². The number of hydrogen-bond acceptors (Lipinski definition) is 3. The predicted molar refractivity (Wildman–Crippen MR) is 214 cm³/mol. The summed E-state index contributed by atoms with van der Waals surface area (Å²) in [5, 5.41) is 33.8. The lowest BCUT2D eigenvalue weighted by Gasteiger charge is -2.21. The number of aryl methyl sites for hydroxylation is 1. The standard InChI is InChI=1S/C48H33N5/c49-29-32-10-7-18-41-42-26-33(30-50)23-25-48(42)53(47(41)24-22-32)44-19-4-1-11-36(44)27-34-13-9-17-38(43(34)31-51)35-12-8-14-37(28-35)52-45-20-5-2-15-39(45)40-16-3-6-21-46(40)52/h2-6,8-10,12-17,19-26,28H,1,7,11,18,27H2. The summed E-state index contributed by atoms with van der Waals surface area (Å²) in [5.41, 5.74) is 13.8. The molecule has 0 amide bonds. The number of aromatic nitrogens is 2. The van der Waals surface area contributed by atoms with Crippen molar-refractivity contribution in [3.8, 4) is 35.0 Å². The SMILES string of the molecule is N#CC1=CCCc2c(n(C3=C(Cc4cccc(-c5cccc(-n6c7ccccc7c7ccccc76)c5)c4C#N)CCC=C3)c3ccc(C#N)cc23)C=C1. The molecular weight excluding hydrogens is 647 g/mol. The number of hydrogen-bond donors (Lipinski definition) is 0. The fourth-order valence-electron chi connectivity index (χ4n) is 8.31. The first-order chi connectivity index (χ1) is 26.2. The largest absolute Gasteiger partial charge is 0.310 e. The molecule has 0 N–H and O–H groups in total. The molecule has 0 aliphatic heterocycles. The molecule has 0 unspecified atom stereocenters. The third-order valence-electron chi connectivity index (χ3n) is 10.7. The summed E-state index contributed by atoms with van der Waals surface area (Å²) >= 11 is 0. The summed E-state index contributed by atoms with van der Waals surface area (Å²) in [4.78, 5) is 0. The van der Waals surface area contributed by atoms with Crippen LogP contribution in [-0.2, 0) is 12.8 Å². The zero-order valence-corrected chi connectivity index (χ0v) is 29.1. The molecule has 9 rings (SSSR count). The Morgan fingerprint density at radius 2 is 1.38 bits per heavy atom. The second-order valence-electron chi connectivity index (χ2n) is 13.7. The Hall–Kier alpha value is -7.13. The van der Waals surface area contributed by atoms with Crippen LogP contribution in [0.2, 0.25) is 0 Å². The Morgan fingerprint density at radius 3 is 2.15 bits per heavy atom. The van der Waals surface area contributed by atoms with Crippen molar-refractivity contribution in [3.05, 3.63) is 173 Å². The molecule has 0 spiro atoms. The lowest BCUT2D eigenvalue weighted by molar-refractivity contribution is 0.891. The van der Waals surface area contributed by atoms with Crippen LogP contribution >= 0.6 is 0 Å². The number of fused-ring (bicyclic) bond motifs is 6. The van der Waals surface area contributed by atoms with Gasteiger partial charge in [0.2, 0.25) is 0 Å². The minimum Gasteiger partial charge on any atom is -0.310 e. The molecule has 0 radical (unpaired) electrons. The molecule has 2 aliphatic carbocycles. The number of benzene rings is 5. The van der Waals surface area contributed by atoms with Gasteiger partial charge in [0, 0.05) is 33.1 Å². The van der Waals surface area contributed by atoms with E-state index < -0.39 is 0 Å². The average molecular weight is 680 g/mol. The molecule has 250 valence electrons. The first-order valence-corrected chi connectivity index (χ1v) is 18.0. The van der Waals surface area contributed by atoms with Gasteiger partial charge < -0.3 is 9.13 Å². The summed E-state index contributed by atoms with van der Waals surface area (Å²) in [5.74, 6) is 0. The summed E-state index contributed by atoms with van der Waals surface area (Å²) in [7, 11) is 0. The van der Waals surface area contributed by atoms with E-state index in [1.165, 1.54) is 21.9 Å². The number of nitriles is 3. The van der Waals surface area contributed by atoms with Crippen LogP contribution in [0.1, 0.15) is 47.2 Å². The molecule has 53 heavy (non-hydrogen) atoms. The van der Waals surface area contributed by atoms with Crippen molar-refractivity contribution in [1.82, 2.24) is 9.13 Å². The quantitative estimate of drug-likeness (QED) is 0.182. The van der Waals surface area contributed by atoms with Gasteiger partial charge in [-0.3, -0.25) is 0 Å². The monoisotopic (exact) mass is 679 g/mol. The molecule has 5 nitrogen and oxygen atoms in total. The average Bonchev–Trinajstić information content (AvgIpc) is 3.69. The Labute approximate surface area is 308 Å². The van der Waals surface area contributed by atoms with Gasteiger partial charge in [0.25, 0.3) is 0 Å². The van der Waals surface area contributed by atoms with Gasteiger partial charge in [-0.1, -0.05) is 78.9 Å². The molecule has 0 bridgehead atoms. The number of nitrogens with zero attached hydrogens (tertiary/aromatic N) is 5. The van der Waals surface area contributed by atoms with Crippen molar-refractivity contribution >= 4 is 44.5 Å². The lowest BCUT2D eigenvalue weighted by atomic mass is 9.89. The van der Waals surface area contributed by atoms with E-state index in [0.717, 1.165) is 81.4 Å². The molecule has 0 saturated heterocycles. The second kappa shape index (κ2) is 13.2. The Balaban J connectivity index is 1.17. The molecule has 2 aromatic heterocycles. The molecule has 7 aromatic rings. The van der Waals surface area contributed by atoms with Crippen LogP contribution in [0.15, 0.2) is 145 Å². The van der Waals surface area contributed by atoms with Gasteiger partial charge >= 0.3 is 0 Å². The van der Waals surface area contributed by atoms with Crippen molar-refractivity contribution in [1.29, 1.82) is 15.8 Å². The molecular formula is C48H33N5. The van der Waals surface area contributed by atoms with E-state index in [4.69, 9.17) is 0 Å². The molecule has 0 fully saturated rings. The number of rotatable bonds is 5. The van der Waals surface area contributed by atoms with Crippen molar-refractivity contribution in [2.24, 2.45) is 0 Å². The fourth-order valence-corrected chi connectivity index (χ4v) is 8.31. The highest BCUT2D eigenvalue weighted by molar-refractivity contribution is 6.09. The van der Waals surface area contributed by atoms with Crippen LogP contribution in [-0.4, -0.2) is 9.13 Å². The van der Waals surface area contributed by atoms with Crippen LogP contribution in [0.3, 0.4) is 0 Å². The van der Waals surface area contributed by atoms with E-state index in [1.54, 1.807) is 0 Å². The van der Waals surface area contributed by atoms with Crippen LogP contribution in [0.4, 0.5) is 0 Å². The maximum absolute atomic E-state index is 10.8. The number of para-hydroxylation sites is 2. The molecule has 2 aliphatic rings. The van der Waals surface area contributed by atoms with Crippen LogP contribution in [0, 0.1) is 34.0 Å². The van der Waals surface area contributed by atoms with Gasteiger partial charge in [0.15, 0.2) is 0 Å². The van der Waals surface area contributed by atoms with Crippen molar-refractivity contribution in [2.45, 2.75) is 32.1 Å². The van der Waals surface area contributed by atoms with Crippen molar-refractivity contribution in [3.63, 3.8) is 0 Å². The third kappa shape index (κ3) is 5.37. The minimum absolute atomic E-state index is 0.626. The molecule has 0 atom stereocenters. The van der Waals surface area contributed by atoms with Gasteiger partial charge in [-0.15, -0.1) is 0 Å². The predicted octanol–water partition coefficient (Wildman–Crippen LogP) is 11.4. The highest BCUT2D eigenvalue weighted by Crippen LogP contribution is 2.39. The van der Waals surface area contributed by atoms with Gasteiger partial charge in [-0.05, 0) is 121 Å². The summed E-state index contributed by atoms with van der Waals surface area (Å²) in [6.07, 6.45) is 14.3. The maximum Gasteiger partial charge on any atom is 0.100 e. The smallest absolute Gasteiger partial charge is 0.100 e. The summed E-state index contributed by atoms with van der Waals surface area (Å²) < 4.78 is 4.62. The lowest BCUT2D eigenvalue weighted by Crippen LogP contribution is -2.08. The fraction of sp³-hybridized carbons (Fsp3) is 0.104. The van der Waals surface area contributed by atoms with E-state index in [9.17, 15) is 15.8 Å². The number of allylic oxidation sites excluding steroid dienone is 7. The topological polar surface area (TPSA) is 81.2 Å². The van der Waals surface area contributed by atoms with Gasteiger partial charge in [-0.2, -0.15) is 15.8 Å². The second-order valence-corrected chi connectivity index (χ2v) is 13.7. The van der Waals surface area contributed by atoms with Crippen molar-refractivity contribution < 1.29 is 0 Å². The summed E-state index contributed by atoms with van der Waals surface area (Å²) in [6, 6.07) is 44.9. The normalized spacial score (nSPS) is 14.0. The Morgan fingerprint density at radius 1 is 0.604 bits per heavy atom. The highest BCUT2D eigenvalue weighted by atomic mass is 15.0. The van der Waals surface area contributed by atoms with Crippen LogP contribution in [0.5, 0.6) is 0 Å². The zero-order chi connectivity index (χ0) is 35.9. The van der Waals surface area contributed by atoms with Crippen LogP contribution in [0.25, 0.3) is 61.3 Å². The van der Waals surface area contributed by atoms with Gasteiger partial charge in [0.1, 0.15) is 6.07 Å². The van der Waals surface area contributed by atoms with Gasteiger partial charge in [0.05, 0.1) is 45.5 Å². The van der Waals surface area contributed by atoms with E-state index in [2.05, 4.69) is 130 Å². The van der Waals surface area contributed by atoms with Crippen molar-refractivity contribution in [2.75, 3.05) is 0 Å². The van der Waals surface area contributed by atoms with E-state index in [-0.39, 0.29) is 0 Å². The van der Waals surface area contributed by atoms with E-state index in [1.807, 2.05) is 36.4 Å². The zero-order valence-electron chi connectivity index (χ0n) is 29.1. The first-order valence-electron chi connectivity index (χ1n) is 18.0.